The molecule has 5 nitrogen and oxygen atoms in total. The van der Waals surface area contributed by atoms with Crippen LogP contribution >= 0.6 is 0 Å². The molecule has 1 aliphatic carbocycles. The Kier molecular flexibility index (Phi) is 2.53. The quantitative estimate of drug-likeness (QED) is 0.442. The minimum Gasteiger partial charge on any atom is -0.509 e. The zero-order valence-corrected chi connectivity index (χ0v) is 6.51. The third-order valence-corrected chi connectivity index (χ3v) is 1.91. The van der Waals surface area contributed by atoms with E-state index in [9.17, 15) is 9.18 Å². The van der Waals surface area contributed by atoms with Gasteiger partial charge in [0.2, 0.25) is 0 Å². The maximum Gasteiger partial charge on any atom is 0.338 e. The zero-order valence-electron chi connectivity index (χ0n) is 6.51. The van der Waals surface area contributed by atoms with Gasteiger partial charge in [0.1, 0.15) is 23.6 Å². The highest BCUT2D eigenvalue weighted by molar-refractivity contribution is 5.88. The molecule has 0 unspecified atom stereocenters. The second-order valence-corrected chi connectivity index (χ2v) is 2.82. The summed E-state index contributed by atoms with van der Waals surface area (Å²) in [6.45, 7) is 0. The van der Waals surface area contributed by atoms with Gasteiger partial charge in [0.15, 0.2) is 0 Å². The lowest BCUT2D eigenvalue weighted by atomic mass is 9.91. The predicted molar refractivity (Wildman–Crippen MR) is 38.8 cm³/mol. The van der Waals surface area contributed by atoms with Crippen molar-refractivity contribution in [3.05, 3.63) is 11.3 Å². The lowest BCUT2D eigenvalue weighted by Crippen LogP contribution is -2.39. The van der Waals surface area contributed by atoms with Crippen molar-refractivity contribution in [2.45, 2.75) is 24.8 Å². The fourth-order valence-electron chi connectivity index (χ4n) is 1.20. The highest BCUT2D eigenvalue weighted by Crippen LogP contribution is 2.26. The number of hydrogen-bond acceptors (Lipinski definition) is 4. The van der Waals surface area contributed by atoms with Crippen LogP contribution in [-0.4, -0.2) is 44.8 Å². The molecule has 13 heavy (non-hydrogen) atoms. The molecule has 0 aliphatic heterocycles. The van der Waals surface area contributed by atoms with Crippen LogP contribution in [-0.2, 0) is 4.79 Å². The molecule has 0 aromatic carbocycles. The van der Waals surface area contributed by atoms with Crippen LogP contribution in [0.25, 0.3) is 0 Å². The molecule has 1 rings (SSSR count). The van der Waals surface area contributed by atoms with Crippen LogP contribution in [0.2, 0.25) is 0 Å². The minimum atomic E-state index is -1.95. The van der Waals surface area contributed by atoms with Crippen molar-refractivity contribution in [3.63, 3.8) is 0 Å². The largest absolute Gasteiger partial charge is 0.509 e. The Hall–Kier alpha value is -1.14. The molecule has 0 amide bonds. The van der Waals surface area contributed by atoms with E-state index in [1.54, 1.807) is 0 Å². The molecule has 74 valence electrons. The summed E-state index contributed by atoms with van der Waals surface area (Å²) in [5, 5.41) is 35.4. The smallest absolute Gasteiger partial charge is 0.338 e. The Morgan fingerprint density at radius 3 is 2.46 bits per heavy atom. The first-order valence-electron chi connectivity index (χ1n) is 3.61. The Labute approximate surface area is 72.7 Å². The van der Waals surface area contributed by atoms with Crippen molar-refractivity contribution in [2.75, 3.05) is 0 Å². The molecule has 0 saturated heterocycles. The van der Waals surface area contributed by atoms with E-state index in [0.29, 0.717) is 0 Å². The molecule has 0 bridgehead atoms. The molecule has 4 N–H and O–H groups in total. The molecule has 0 heterocycles. The number of carboxylic acid groups (broad SMARTS) is 1. The van der Waals surface area contributed by atoms with Crippen molar-refractivity contribution in [3.8, 4) is 0 Å². The molecule has 6 heteroatoms. The predicted octanol–water partition coefficient (Wildman–Crippen LogP) is -0.653. The van der Waals surface area contributed by atoms with Gasteiger partial charge in [-0.25, -0.2) is 9.18 Å². The first-order valence-corrected chi connectivity index (χ1v) is 3.61. The van der Waals surface area contributed by atoms with E-state index in [1.165, 1.54) is 0 Å². The summed E-state index contributed by atoms with van der Waals surface area (Å²) in [5.41, 5.74) is -0.877. The van der Waals surface area contributed by atoms with Gasteiger partial charge in [-0.15, -0.1) is 0 Å². The lowest BCUT2D eigenvalue weighted by molar-refractivity contribution is -0.134. The van der Waals surface area contributed by atoms with Crippen LogP contribution in [0.15, 0.2) is 11.3 Å². The van der Waals surface area contributed by atoms with Gasteiger partial charge in [0, 0.05) is 6.42 Å². The van der Waals surface area contributed by atoms with Crippen molar-refractivity contribution in [1.82, 2.24) is 0 Å². The van der Waals surface area contributed by atoms with Gasteiger partial charge in [-0.3, -0.25) is 0 Å². The minimum absolute atomic E-state index is 0.521. The molecular formula is C7H9FO5. The number of halogens is 1. The summed E-state index contributed by atoms with van der Waals surface area (Å²) in [4.78, 5) is 10.4. The fourth-order valence-corrected chi connectivity index (χ4v) is 1.20. The van der Waals surface area contributed by atoms with Gasteiger partial charge in [0.05, 0.1) is 6.10 Å². The second kappa shape index (κ2) is 3.31. The SMILES string of the molecule is O=C(O)C1=C(O)[C@@H](O)[C@H](O)C[C@H]1F. The molecule has 0 aromatic heterocycles. The standard InChI is InChI=1S/C7H9FO5/c8-2-1-3(9)5(10)6(11)4(2)7(12)13/h2-3,5,9-11H,1H2,(H,12,13)/t2-,3-,5+/m1/s1. The Morgan fingerprint density at radius 2 is 2.00 bits per heavy atom. The molecule has 1 aliphatic rings. The number of aliphatic hydroxyl groups excluding tert-OH is 3. The van der Waals surface area contributed by atoms with Crippen molar-refractivity contribution >= 4 is 5.97 Å². The van der Waals surface area contributed by atoms with Gasteiger partial charge >= 0.3 is 5.97 Å². The van der Waals surface area contributed by atoms with Crippen molar-refractivity contribution < 1.29 is 29.6 Å². The molecule has 0 radical (unpaired) electrons. The number of hydrogen-bond donors (Lipinski definition) is 4. The number of carboxylic acids is 1. The summed E-state index contributed by atoms with van der Waals surface area (Å²) in [7, 11) is 0. The molecule has 3 atom stereocenters. The maximum absolute atomic E-state index is 12.9. The first-order chi connectivity index (χ1) is 5.95. The average molecular weight is 192 g/mol. The lowest BCUT2D eigenvalue weighted by Gasteiger charge is -2.26. The Bertz CT molecular complexity index is 262. The summed E-state index contributed by atoms with van der Waals surface area (Å²) < 4.78 is 12.9. The van der Waals surface area contributed by atoms with Crippen molar-refractivity contribution in [2.24, 2.45) is 0 Å². The molecule has 0 fully saturated rings. The Balaban J connectivity index is 3.07. The number of aliphatic carboxylic acids is 1. The molecule has 0 saturated carbocycles. The summed E-state index contributed by atoms with van der Waals surface area (Å²) in [6.07, 6.45) is -5.64. The van der Waals surface area contributed by atoms with E-state index in [0.717, 1.165) is 0 Å². The summed E-state index contributed by atoms with van der Waals surface area (Å²) in [5.74, 6) is -2.63. The van der Waals surface area contributed by atoms with Crippen LogP contribution in [0.3, 0.4) is 0 Å². The average Bonchev–Trinajstić information content (AvgIpc) is 1.99. The Morgan fingerprint density at radius 1 is 1.46 bits per heavy atom. The van der Waals surface area contributed by atoms with E-state index in [-0.39, 0.29) is 0 Å². The topological polar surface area (TPSA) is 98.0 Å². The second-order valence-electron chi connectivity index (χ2n) is 2.82. The number of alkyl halides is 1. The third-order valence-electron chi connectivity index (χ3n) is 1.91. The highest BCUT2D eigenvalue weighted by Gasteiger charge is 2.38. The van der Waals surface area contributed by atoms with Crippen LogP contribution in [0.1, 0.15) is 6.42 Å². The summed E-state index contributed by atoms with van der Waals surface area (Å²) >= 11 is 0. The molecule has 0 aromatic rings. The van der Waals surface area contributed by atoms with E-state index in [1.807, 2.05) is 0 Å². The summed E-state index contributed by atoms with van der Waals surface area (Å²) in [6, 6.07) is 0. The highest BCUT2D eigenvalue weighted by atomic mass is 19.1. The van der Waals surface area contributed by atoms with Gasteiger partial charge < -0.3 is 20.4 Å². The zero-order chi connectivity index (χ0) is 10.2. The van der Waals surface area contributed by atoms with Crippen LogP contribution in [0.5, 0.6) is 0 Å². The molecule has 0 spiro atoms. The van der Waals surface area contributed by atoms with Crippen molar-refractivity contribution in [1.29, 1.82) is 0 Å². The van der Waals surface area contributed by atoms with Gasteiger partial charge in [-0.05, 0) is 0 Å². The number of rotatable bonds is 1. The third kappa shape index (κ3) is 1.63. The first kappa shape index (κ1) is 9.94. The van der Waals surface area contributed by atoms with Crippen LogP contribution < -0.4 is 0 Å². The fraction of sp³-hybridized carbons (Fsp3) is 0.571. The molecular weight excluding hydrogens is 183 g/mol. The van der Waals surface area contributed by atoms with E-state index in [4.69, 9.17) is 20.4 Å². The van der Waals surface area contributed by atoms with Gasteiger partial charge in [-0.2, -0.15) is 0 Å². The van der Waals surface area contributed by atoms with Crippen LogP contribution in [0, 0.1) is 0 Å². The van der Waals surface area contributed by atoms with Crippen LogP contribution in [0.4, 0.5) is 4.39 Å². The van der Waals surface area contributed by atoms with Gasteiger partial charge in [0.25, 0.3) is 0 Å². The maximum atomic E-state index is 12.9. The van der Waals surface area contributed by atoms with E-state index in [2.05, 4.69) is 0 Å². The van der Waals surface area contributed by atoms with E-state index < -0.39 is 42.1 Å². The van der Waals surface area contributed by atoms with Gasteiger partial charge in [-0.1, -0.05) is 0 Å². The normalized spacial score (nSPS) is 34.8. The monoisotopic (exact) mass is 192 g/mol. The number of aliphatic hydroxyl groups is 3. The van der Waals surface area contributed by atoms with E-state index >= 15 is 0 Å². The number of carbonyl (C=O) groups is 1.